The third kappa shape index (κ3) is 4.52. The highest BCUT2D eigenvalue weighted by molar-refractivity contribution is 5.82. The molecule has 0 bridgehead atoms. The monoisotopic (exact) mass is 325 g/mol. The molecule has 0 aliphatic heterocycles. The van der Waals surface area contributed by atoms with Gasteiger partial charge in [0, 0.05) is 23.8 Å². The molecule has 0 aromatic heterocycles. The summed E-state index contributed by atoms with van der Waals surface area (Å²) in [7, 11) is 1.24. The molecular weight excluding hydrogens is 306 g/mol. The van der Waals surface area contributed by atoms with Crippen molar-refractivity contribution in [3.05, 3.63) is 94.1 Å². The Labute approximate surface area is 140 Å². The highest BCUT2D eigenvalue weighted by Gasteiger charge is 2.40. The molecule has 2 aromatic carbocycles. The van der Waals surface area contributed by atoms with E-state index in [4.69, 9.17) is 0 Å². The van der Waals surface area contributed by atoms with Gasteiger partial charge in [-0.2, -0.15) is 0 Å². The Morgan fingerprint density at radius 1 is 1.04 bits per heavy atom. The molecule has 0 atom stereocenters. The molecular formula is C19H19NO4. The van der Waals surface area contributed by atoms with Crippen molar-refractivity contribution in [1.82, 2.24) is 0 Å². The normalized spacial score (nSPS) is 11.4. The van der Waals surface area contributed by atoms with E-state index in [0.29, 0.717) is 0 Å². The van der Waals surface area contributed by atoms with E-state index < -0.39 is 11.5 Å². The molecule has 0 saturated carbocycles. The van der Waals surface area contributed by atoms with Crippen LogP contribution in [0.3, 0.4) is 0 Å². The Kier molecular flexibility index (Phi) is 5.84. The number of rotatable bonds is 7. The van der Waals surface area contributed by atoms with Gasteiger partial charge >= 0.3 is 5.97 Å². The largest absolute Gasteiger partial charge is 0.466 e. The van der Waals surface area contributed by atoms with Crippen molar-refractivity contribution < 1.29 is 14.5 Å². The van der Waals surface area contributed by atoms with Crippen LogP contribution in [-0.2, 0) is 22.4 Å². The van der Waals surface area contributed by atoms with Crippen molar-refractivity contribution in [3.8, 4) is 0 Å². The molecule has 5 nitrogen and oxygen atoms in total. The van der Waals surface area contributed by atoms with E-state index in [1.165, 1.54) is 13.2 Å². The van der Waals surface area contributed by atoms with Crippen LogP contribution in [0.2, 0.25) is 0 Å². The summed E-state index contributed by atoms with van der Waals surface area (Å²) in [6.07, 6.45) is 2.85. The molecule has 5 heteroatoms. The fourth-order valence-corrected chi connectivity index (χ4v) is 2.56. The molecule has 0 radical (unpaired) electrons. The minimum absolute atomic E-state index is 0.184. The van der Waals surface area contributed by atoms with Gasteiger partial charge in [0.1, 0.15) is 0 Å². The predicted octanol–water partition coefficient (Wildman–Crippen LogP) is 3.22. The average molecular weight is 325 g/mol. The van der Waals surface area contributed by atoms with Crippen molar-refractivity contribution in [2.75, 3.05) is 7.11 Å². The first-order chi connectivity index (χ1) is 11.6. The number of nitrogens with zero attached hydrogens (tertiary/aromatic N) is 1. The van der Waals surface area contributed by atoms with Crippen LogP contribution in [0.15, 0.2) is 72.8 Å². The lowest BCUT2D eigenvalue weighted by molar-refractivity contribution is -0.554. The zero-order valence-corrected chi connectivity index (χ0v) is 13.4. The van der Waals surface area contributed by atoms with Gasteiger partial charge in [-0.3, -0.25) is 10.1 Å². The fourth-order valence-electron chi connectivity index (χ4n) is 2.56. The second-order valence-electron chi connectivity index (χ2n) is 5.54. The maximum absolute atomic E-state index is 11.9. The summed E-state index contributed by atoms with van der Waals surface area (Å²) in [5.41, 5.74) is 0.246. The minimum atomic E-state index is -1.42. The standard InChI is InChI=1S/C19H19NO4/c1-24-18(21)12-13-19(20(22)23,14-16-8-4-2-5-9-16)15-17-10-6-3-7-11-17/h2-13H,14-15H2,1H3/b13-12+. The predicted molar refractivity (Wildman–Crippen MR) is 91.2 cm³/mol. The summed E-state index contributed by atoms with van der Waals surface area (Å²) in [4.78, 5) is 23.1. The third-order valence-electron chi connectivity index (χ3n) is 3.80. The van der Waals surface area contributed by atoms with E-state index in [9.17, 15) is 14.9 Å². The van der Waals surface area contributed by atoms with E-state index in [2.05, 4.69) is 4.74 Å². The van der Waals surface area contributed by atoms with Crippen LogP contribution in [0.25, 0.3) is 0 Å². The Balaban J connectivity index is 2.41. The van der Waals surface area contributed by atoms with Crippen LogP contribution in [0.5, 0.6) is 0 Å². The summed E-state index contributed by atoms with van der Waals surface area (Å²) in [6, 6.07) is 18.4. The van der Waals surface area contributed by atoms with Crippen LogP contribution in [0, 0.1) is 10.1 Å². The molecule has 2 rings (SSSR count). The van der Waals surface area contributed by atoms with Crippen molar-refractivity contribution in [3.63, 3.8) is 0 Å². The summed E-state index contributed by atoms with van der Waals surface area (Å²) >= 11 is 0. The number of benzene rings is 2. The summed E-state index contributed by atoms with van der Waals surface area (Å²) in [5, 5.41) is 11.9. The molecule has 0 saturated heterocycles. The topological polar surface area (TPSA) is 69.4 Å². The molecule has 0 fully saturated rings. The zero-order valence-electron chi connectivity index (χ0n) is 13.4. The van der Waals surface area contributed by atoms with Crippen molar-refractivity contribution in [1.29, 1.82) is 0 Å². The smallest absolute Gasteiger partial charge is 0.330 e. The van der Waals surface area contributed by atoms with Gasteiger partial charge in [-0.15, -0.1) is 0 Å². The van der Waals surface area contributed by atoms with E-state index in [-0.39, 0.29) is 17.8 Å². The number of ether oxygens (including phenoxy) is 1. The fraction of sp³-hybridized carbons (Fsp3) is 0.211. The zero-order chi connectivity index (χ0) is 17.4. The second kappa shape index (κ2) is 8.06. The highest BCUT2D eigenvalue weighted by Crippen LogP contribution is 2.24. The number of nitro groups is 1. The van der Waals surface area contributed by atoms with Crippen LogP contribution in [0.1, 0.15) is 11.1 Å². The lowest BCUT2D eigenvalue weighted by atomic mass is 9.84. The van der Waals surface area contributed by atoms with Crippen LogP contribution >= 0.6 is 0 Å². The van der Waals surface area contributed by atoms with Gasteiger partial charge in [0.2, 0.25) is 5.54 Å². The quantitative estimate of drug-likeness (QED) is 0.339. The molecule has 24 heavy (non-hydrogen) atoms. The van der Waals surface area contributed by atoms with Crippen molar-refractivity contribution in [2.24, 2.45) is 0 Å². The summed E-state index contributed by atoms with van der Waals surface area (Å²) in [6.45, 7) is 0. The summed E-state index contributed by atoms with van der Waals surface area (Å²) < 4.78 is 4.58. The number of esters is 1. The van der Waals surface area contributed by atoms with Crippen molar-refractivity contribution >= 4 is 5.97 Å². The van der Waals surface area contributed by atoms with E-state index >= 15 is 0 Å². The van der Waals surface area contributed by atoms with Gasteiger partial charge in [0.05, 0.1) is 7.11 Å². The molecule has 0 unspecified atom stereocenters. The van der Waals surface area contributed by atoms with Gasteiger partial charge in [-0.25, -0.2) is 4.79 Å². The Morgan fingerprint density at radius 3 is 1.88 bits per heavy atom. The highest BCUT2D eigenvalue weighted by atomic mass is 16.6. The molecule has 2 aromatic rings. The lowest BCUT2D eigenvalue weighted by Gasteiger charge is -2.22. The minimum Gasteiger partial charge on any atom is -0.466 e. The number of carbonyl (C=O) groups excluding carboxylic acids is 1. The van der Waals surface area contributed by atoms with Crippen molar-refractivity contribution in [2.45, 2.75) is 18.4 Å². The average Bonchev–Trinajstić information content (AvgIpc) is 2.61. The van der Waals surface area contributed by atoms with Gasteiger partial charge in [0.15, 0.2) is 0 Å². The molecule has 0 aliphatic rings. The van der Waals surface area contributed by atoms with E-state index in [1.807, 2.05) is 60.7 Å². The molecule has 0 heterocycles. The Hall–Kier alpha value is -2.95. The van der Waals surface area contributed by atoms with Crippen LogP contribution in [-0.4, -0.2) is 23.5 Å². The maximum atomic E-state index is 11.9. The molecule has 124 valence electrons. The third-order valence-corrected chi connectivity index (χ3v) is 3.80. The number of methoxy groups -OCH3 is 1. The first kappa shape index (κ1) is 17.4. The maximum Gasteiger partial charge on any atom is 0.330 e. The summed E-state index contributed by atoms with van der Waals surface area (Å²) in [5.74, 6) is -0.609. The number of hydrogen-bond acceptors (Lipinski definition) is 4. The van der Waals surface area contributed by atoms with Gasteiger partial charge in [-0.05, 0) is 17.2 Å². The SMILES string of the molecule is COC(=O)/C=C/C(Cc1ccccc1)(Cc1ccccc1)[N+](=O)[O-]. The van der Waals surface area contributed by atoms with Crippen LogP contribution in [0.4, 0.5) is 0 Å². The number of hydrogen-bond donors (Lipinski definition) is 0. The first-order valence-electron chi connectivity index (χ1n) is 7.55. The second-order valence-corrected chi connectivity index (χ2v) is 5.54. The first-order valence-corrected chi connectivity index (χ1v) is 7.55. The van der Waals surface area contributed by atoms with Gasteiger partial charge in [0.25, 0.3) is 0 Å². The van der Waals surface area contributed by atoms with Gasteiger partial charge in [-0.1, -0.05) is 60.7 Å². The van der Waals surface area contributed by atoms with E-state index in [0.717, 1.165) is 17.2 Å². The number of carbonyl (C=O) groups is 1. The Morgan fingerprint density at radius 2 is 1.50 bits per heavy atom. The molecule has 0 amide bonds. The van der Waals surface area contributed by atoms with E-state index in [1.54, 1.807) is 0 Å². The van der Waals surface area contributed by atoms with Crippen LogP contribution < -0.4 is 0 Å². The molecule has 0 aliphatic carbocycles. The molecule has 0 N–H and O–H groups in total. The lowest BCUT2D eigenvalue weighted by Crippen LogP contribution is -2.41. The molecule has 0 spiro atoms. The Bertz CT molecular complexity index is 669. The van der Waals surface area contributed by atoms with Gasteiger partial charge < -0.3 is 4.74 Å².